The molecule has 0 unspecified atom stereocenters. The number of piperazine rings is 1. The molecular weight excluding hydrogens is 395 g/mol. The Labute approximate surface area is 166 Å². The van der Waals surface area contributed by atoms with E-state index in [1.165, 1.54) is 6.07 Å². The first kappa shape index (κ1) is 20.0. The predicted molar refractivity (Wildman–Crippen MR) is 103 cm³/mol. The van der Waals surface area contributed by atoms with E-state index in [-0.39, 0.29) is 18.1 Å². The Bertz CT molecular complexity index is 827. The number of nitrogens with one attached hydrogen (secondary N) is 1. The molecule has 0 saturated carbocycles. The van der Waals surface area contributed by atoms with Crippen LogP contribution in [0.3, 0.4) is 0 Å². The quantitative estimate of drug-likeness (QED) is 0.803. The predicted octanol–water partition coefficient (Wildman–Crippen LogP) is 4.03. The van der Waals surface area contributed by atoms with E-state index in [2.05, 4.69) is 10.2 Å². The number of hydrogen-bond acceptors (Lipinski definition) is 3. The molecule has 144 valence electrons. The lowest BCUT2D eigenvalue weighted by atomic mass is 10.2. The maximum Gasteiger partial charge on any atom is 0.238 e. The summed E-state index contributed by atoms with van der Waals surface area (Å²) in [5, 5.41) is 3.56. The Morgan fingerprint density at radius 2 is 1.67 bits per heavy atom. The number of anilines is 1. The number of rotatable bonds is 5. The first-order chi connectivity index (χ1) is 12.9. The maximum absolute atomic E-state index is 13.6. The average molecular weight is 414 g/mol. The van der Waals surface area contributed by atoms with E-state index < -0.39 is 11.6 Å². The van der Waals surface area contributed by atoms with Gasteiger partial charge in [-0.2, -0.15) is 0 Å². The number of amides is 1. The van der Waals surface area contributed by atoms with Crippen molar-refractivity contribution in [2.24, 2.45) is 0 Å². The summed E-state index contributed by atoms with van der Waals surface area (Å²) >= 11 is 12.0. The van der Waals surface area contributed by atoms with Gasteiger partial charge in [0.2, 0.25) is 5.91 Å². The fraction of sp³-hybridized carbons (Fsp3) is 0.316. The van der Waals surface area contributed by atoms with Crippen LogP contribution >= 0.6 is 23.2 Å². The summed E-state index contributed by atoms with van der Waals surface area (Å²) in [4.78, 5) is 16.4. The average Bonchev–Trinajstić information content (AvgIpc) is 2.62. The van der Waals surface area contributed by atoms with Gasteiger partial charge in [0.05, 0.1) is 22.3 Å². The lowest BCUT2D eigenvalue weighted by Gasteiger charge is -2.34. The molecular formula is C19H19Cl2F2N3O. The Balaban J connectivity index is 1.46. The van der Waals surface area contributed by atoms with Gasteiger partial charge >= 0.3 is 0 Å². The molecule has 0 spiro atoms. The smallest absolute Gasteiger partial charge is 0.238 e. The standard InChI is InChI=1S/C19H19Cl2F2N3O/c20-15-3-1-13(9-16(15)21)11-25-5-7-26(8-6-25)12-19(27)24-18-4-2-14(22)10-17(18)23/h1-4,9-10H,5-8,11-12H2,(H,24,27). The van der Waals surface area contributed by atoms with Gasteiger partial charge in [0.25, 0.3) is 0 Å². The van der Waals surface area contributed by atoms with Gasteiger partial charge < -0.3 is 5.32 Å². The maximum atomic E-state index is 13.6. The molecule has 27 heavy (non-hydrogen) atoms. The van der Waals surface area contributed by atoms with Gasteiger partial charge in [-0.3, -0.25) is 14.6 Å². The SMILES string of the molecule is O=C(CN1CCN(Cc2ccc(Cl)c(Cl)c2)CC1)Nc1ccc(F)cc1F. The number of hydrogen-bond donors (Lipinski definition) is 1. The van der Waals surface area contributed by atoms with Crippen LogP contribution in [-0.2, 0) is 11.3 Å². The zero-order chi connectivity index (χ0) is 19.4. The summed E-state index contributed by atoms with van der Waals surface area (Å²) < 4.78 is 26.5. The largest absolute Gasteiger partial charge is 0.322 e. The van der Waals surface area contributed by atoms with Gasteiger partial charge in [-0.25, -0.2) is 8.78 Å². The van der Waals surface area contributed by atoms with E-state index in [9.17, 15) is 13.6 Å². The van der Waals surface area contributed by atoms with Crippen LogP contribution in [0.25, 0.3) is 0 Å². The van der Waals surface area contributed by atoms with E-state index in [1.807, 2.05) is 17.0 Å². The molecule has 1 aliphatic rings. The number of halogens is 4. The third kappa shape index (κ3) is 5.62. The molecule has 1 aliphatic heterocycles. The molecule has 1 N–H and O–H groups in total. The highest BCUT2D eigenvalue weighted by molar-refractivity contribution is 6.42. The molecule has 0 aliphatic carbocycles. The zero-order valence-corrected chi connectivity index (χ0v) is 16.0. The van der Waals surface area contributed by atoms with E-state index in [0.29, 0.717) is 10.0 Å². The lowest BCUT2D eigenvalue weighted by Crippen LogP contribution is -2.48. The second-order valence-corrected chi connectivity index (χ2v) is 7.29. The minimum atomic E-state index is -0.783. The van der Waals surface area contributed by atoms with Crippen LogP contribution in [0.5, 0.6) is 0 Å². The van der Waals surface area contributed by atoms with Crippen LogP contribution < -0.4 is 5.32 Å². The minimum absolute atomic E-state index is 0.0142. The second kappa shape index (κ2) is 8.97. The number of nitrogens with zero attached hydrogens (tertiary/aromatic N) is 2. The molecule has 0 bridgehead atoms. The van der Waals surface area contributed by atoms with E-state index in [0.717, 1.165) is 50.4 Å². The fourth-order valence-corrected chi connectivity index (χ4v) is 3.31. The van der Waals surface area contributed by atoms with Crippen molar-refractivity contribution in [3.63, 3.8) is 0 Å². The summed E-state index contributed by atoms with van der Waals surface area (Å²) in [7, 11) is 0. The first-order valence-corrected chi connectivity index (χ1v) is 9.30. The van der Waals surface area contributed by atoms with Gasteiger partial charge in [-0.1, -0.05) is 29.3 Å². The van der Waals surface area contributed by atoms with Gasteiger partial charge in [0.1, 0.15) is 11.6 Å². The fourth-order valence-electron chi connectivity index (χ4n) is 2.99. The molecule has 2 aromatic carbocycles. The number of benzene rings is 2. The molecule has 1 amide bonds. The third-order valence-corrected chi connectivity index (χ3v) is 5.17. The van der Waals surface area contributed by atoms with Crippen LogP contribution in [0.15, 0.2) is 36.4 Å². The summed E-state index contributed by atoms with van der Waals surface area (Å²) in [6, 6.07) is 8.68. The van der Waals surface area contributed by atoms with Crippen molar-refractivity contribution in [1.29, 1.82) is 0 Å². The molecule has 0 aromatic heterocycles. The normalized spacial score (nSPS) is 15.7. The van der Waals surface area contributed by atoms with Crippen molar-refractivity contribution < 1.29 is 13.6 Å². The van der Waals surface area contributed by atoms with Crippen molar-refractivity contribution in [2.75, 3.05) is 38.0 Å². The summed E-state index contributed by atoms with van der Waals surface area (Å²) in [6.45, 7) is 3.98. The van der Waals surface area contributed by atoms with Crippen LogP contribution in [0.2, 0.25) is 10.0 Å². The van der Waals surface area contributed by atoms with E-state index >= 15 is 0 Å². The van der Waals surface area contributed by atoms with Crippen molar-refractivity contribution in [2.45, 2.75) is 6.54 Å². The zero-order valence-electron chi connectivity index (χ0n) is 14.5. The number of carbonyl (C=O) groups is 1. The molecule has 1 saturated heterocycles. The van der Waals surface area contributed by atoms with Crippen LogP contribution in [0.4, 0.5) is 14.5 Å². The highest BCUT2D eigenvalue weighted by Gasteiger charge is 2.20. The lowest BCUT2D eigenvalue weighted by molar-refractivity contribution is -0.117. The highest BCUT2D eigenvalue weighted by atomic mass is 35.5. The van der Waals surface area contributed by atoms with Crippen LogP contribution in [0.1, 0.15) is 5.56 Å². The van der Waals surface area contributed by atoms with E-state index in [4.69, 9.17) is 23.2 Å². The van der Waals surface area contributed by atoms with Gasteiger partial charge in [0.15, 0.2) is 0 Å². The van der Waals surface area contributed by atoms with Gasteiger partial charge in [-0.15, -0.1) is 0 Å². The topological polar surface area (TPSA) is 35.6 Å². The minimum Gasteiger partial charge on any atom is -0.322 e. The Morgan fingerprint density at radius 3 is 2.33 bits per heavy atom. The first-order valence-electron chi connectivity index (χ1n) is 8.54. The molecule has 4 nitrogen and oxygen atoms in total. The Hall–Kier alpha value is -1.73. The van der Waals surface area contributed by atoms with Crippen molar-refractivity contribution in [1.82, 2.24) is 9.80 Å². The molecule has 1 heterocycles. The van der Waals surface area contributed by atoms with Gasteiger partial charge in [-0.05, 0) is 29.8 Å². The molecule has 8 heteroatoms. The molecule has 3 rings (SSSR count). The summed E-state index contributed by atoms with van der Waals surface area (Å²) in [5.41, 5.74) is 1.07. The molecule has 0 atom stereocenters. The third-order valence-electron chi connectivity index (χ3n) is 4.43. The van der Waals surface area contributed by atoms with Crippen molar-refractivity contribution in [3.8, 4) is 0 Å². The second-order valence-electron chi connectivity index (χ2n) is 6.47. The van der Waals surface area contributed by atoms with Crippen molar-refractivity contribution >= 4 is 34.8 Å². The Kier molecular flexibility index (Phi) is 6.65. The highest BCUT2D eigenvalue weighted by Crippen LogP contribution is 2.23. The van der Waals surface area contributed by atoms with E-state index in [1.54, 1.807) is 6.07 Å². The summed E-state index contributed by atoms with van der Waals surface area (Å²) in [6.07, 6.45) is 0. The van der Waals surface area contributed by atoms with Crippen molar-refractivity contribution in [3.05, 3.63) is 63.6 Å². The number of carbonyl (C=O) groups excluding carboxylic acids is 1. The van der Waals surface area contributed by atoms with Crippen LogP contribution in [-0.4, -0.2) is 48.4 Å². The molecule has 2 aromatic rings. The summed E-state index contributed by atoms with van der Waals surface area (Å²) in [5.74, 6) is -1.78. The molecule has 1 fully saturated rings. The Morgan fingerprint density at radius 1 is 0.963 bits per heavy atom. The molecule has 0 radical (unpaired) electrons. The van der Waals surface area contributed by atoms with Crippen LogP contribution in [0, 0.1) is 11.6 Å². The van der Waals surface area contributed by atoms with Gasteiger partial charge in [0, 0.05) is 38.8 Å². The monoisotopic (exact) mass is 413 g/mol.